The molecule has 4 atom stereocenters. The van der Waals surface area contributed by atoms with E-state index in [0.29, 0.717) is 15.6 Å². The predicted molar refractivity (Wildman–Crippen MR) is 131 cm³/mol. The lowest BCUT2D eigenvalue weighted by Gasteiger charge is -2.47. The van der Waals surface area contributed by atoms with Gasteiger partial charge in [-0.25, -0.2) is 8.42 Å². The number of sulfone groups is 1. The van der Waals surface area contributed by atoms with E-state index in [0.717, 1.165) is 5.56 Å². The summed E-state index contributed by atoms with van der Waals surface area (Å²) in [4.78, 5) is 26.6. The highest BCUT2D eigenvalue weighted by atomic mass is 35.5. The average molecular weight is 528 g/mol. The molecule has 10 heteroatoms. The Bertz CT molecular complexity index is 1140. The molecule has 3 rings (SSSR count). The lowest BCUT2D eigenvalue weighted by atomic mass is 9.89. The number of carboxylic acid groups (broad SMARTS) is 1. The van der Waals surface area contributed by atoms with E-state index >= 15 is 0 Å². The maximum absolute atomic E-state index is 13.5. The number of ether oxygens (including phenoxy) is 1. The average Bonchev–Trinajstić information content (AvgIpc) is 2.79. The fourth-order valence-corrected chi connectivity index (χ4v) is 5.43. The van der Waals surface area contributed by atoms with Gasteiger partial charge in [0.15, 0.2) is 0 Å². The molecule has 0 unspecified atom stereocenters. The second-order valence-electron chi connectivity index (χ2n) is 8.31. The summed E-state index contributed by atoms with van der Waals surface area (Å²) < 4.78 is 30.4. The molecule has 1 saturated heterocycles. The van der Waals surface area contributed by atoms with Crippen LogP contribution in [0.2, 0.25) is 10.0 Å². The third kappa shape index (κ3) is 6.30. The van der Waals surface area contributed by atoms with Crippen LogP contribution in [0.25, 0.3) is 0 Å². The molecule has 1 aliphatic heterocycles. The van der Waals surface area contributed by atoms with Crippen molar-refractivity contribution in [1.82, 2.24) is 4.90 Å². The minimum Gasteiger partial charge on any atom is -0.481 e. The molecule has 1 N–H and O–H groups in total. The quantitative estimate of drug-likeness (QED) is 0.507. The van der Waals surface area contributed by atoms with Gasteiger partial charge in [0, 0.05) is 21.8 Å². The second-order valence-corrected chi connectivity index (χ2v) is 11.7. The summed E-state index contributed by atoms with van der Waals surface area (Å²) in [5.74, 6) is -1.76. The Morgan fingerprint density at radius 3 is 2.38 bits per heavy atom. The summed E-state index contributed by atoms with van der Waals surface area (Å²) in [5.41, 5.74) is 1.40. The summed E-state index contributed by atoms with van der Waals surface area (Å²) >= 11 is 12.3. The summed E-state index contributed by atoms with van der Waals surface area (Å²) in [5, 5.41) is 10.4. The number of morpholine rings is 1. The summed E-state index contributed by atoms with van der Waals surface area (Å²) in [6, 6.07) is 12.8. The zero-order chi connectivity index (χ0) is 25.0. The van der Waals surface area contributed by atoms with Crippen LogP contribution in [-0.4, -0.2) is 54.0 Å². The lowest BCUT2D eigenvalue weighted by molar-refractivity contribution is -0.182. The smallest absolute Gasteiger partial charge is 0.306 e. The molecule has 7 nitrogen and oxygen atoms in total. The third-order valence-electron chi connectivity index (χ3n) is 5.94. The van der Waals surface area contributed by atoms with Gasteiger partial charge in [-0.15, -0.1) is 0 Å². The van der Waals surface area contributed by atoms with Crippen molar-refractivity contribution in [2.45, 2.75) is 51.0 Å². The Kier molecular flexibility index (Phi) is 8.62. The van der Waals surface area contributed by atoms with Crippen molar-refractivity contribution in [2.75, 3.05) is 11.5 Å². The molecular formula is C24H27Cl2NO6S. The van der Waals surface area contributed by atoms with Crippen molar-refractivity contribution in [3.8, 4) is 0 Å². The number of hydrogen-bond donors (Lipinski definition) is 1. The van der Waals surface area contributed by atoms with Crippen LogP contribution >= 0.6 is 23.2 Å². The molecule has 1 heterocycles. The first-order chi connectivity index (χ1) is 16.0. The van der Waals surface area contributed by atoms with Crippen molar-refractivity contribution in [3.63, 3.8) is 0 Å². The number of hydrogen-bond acceptors (Lipinski definition) is 5. The summed E-state index contributed by atoms with van der Waals surface area (Å²) in [7, 11) is -3.26. The largest absolute Gasteiger partial charge is 0.481 e. The highest BCUT2D eigenvalue weighted by Crippen LogP contribution is 2.44. The van der Waals surface area contributed by atoms with Gasteiger partial charge in [-0.05, 0) is 48.7 Å². The van der Waals surface area contributed by atoms with Gasteiger partial charge in [-0.3, -0.25) is 9.59 Å². The number of carbonyl (C=O) groups is 2. The molecule has 0 spiro atoms. The SMILES string of the molecule is CCS(=O)(=O)CC[C@H](C)N1C(=O)[C@@H](CC(=O)O)O[C@H](c2cccc(Cl)c2)[C@H]1c1ccc(Cl)cc1. The van der Waals surface area contributed by atoms with E-state index in [2.05, 4.69) is 0 Å². The Hall–Kier alpha value is -2.13. The van der Waals surface area contributed by atoms with Gasteiger partial charge in [0.05, 0.1) is 18.2 Å². The molecule has 0 aliphatic carbocycles. The van der Waals surface area contributed by atoms with E-state index in [4.69, 9.17) is 27.9 Å². The fraction of sp³-hybridized carbons (Fsp3) is 0.417. The van der Waals surface area contributed by atoms with Crippen molar-refractivity contribution in [2.24, 2.45) is 0 Å². The van der Waals surface area contributed by atoms with Gasteiger partial charge < -0.3 is 14.7 Å². The minimum atomic E-state index is -3.26. The van der Waals surface area contributed by atoms with E-state index in [1.807, 2.05) is 0 Å². The van der Waals surface area contributed by atoms with E-state index in [1.165, 1.54) is 0 Å². The first-order valence-corrected chi connectivity index (χ1v) is 13.5. The Morgan fingerprint density at radius 2 is 1.79 bits per heavy atom. The predicted octanol–water partition coefficient (Wildman–Crippen LogP) is 4.69. The van der Waals surface area contributed by atoms with Crippen LogP contribution in [0.3, 0.4) is 0 Å². The zero-order valence-corrected chi connectivity index (χ0v) is 21.2. The normalized spacial score (nSPS) is 21.9. The number of halogens is 2. The van der Waals surface area contributed by atoms with Crippen molar-refractivity contribution in [1.29, 1.82) is 0 Å². The standard InChI is InChI=1S/C24H27Cl2NO6S/c1-3-34(31,32)12-11-15(2)27-22(16-7-9-18(25)10-8-16)23(17-5-4-6-19(26)13-17)33-20(24(27)30)14-21(28)29/h4-10,13,15,20,22-23H,3,11-12,14H2,1-2H3,(H,28,29)/t15-,20+,22+,23+/m0/s1. The van der Waals surface area contributed by atoms with Crippen LogP contribution in [0, 0.1) is 0 Å². The van der Waals surface area contributed by atoms with Crippen molar-refractivity contribution in [3.05, 3.63) is 69.7 Å². The molecule has 2 aromatic rings. The first kappa shape index (κ1) is 26.5. The van der Waals surface area contributed by atoms with Crippen LogP contribution < -0.4 is 0 Å². The van der Waals surface area contributed by atoms with E-state index in [9.17, 15) is 23.1 Å². The van der Waals surface area contributed by atoms with Crippen LogP contribution in [0.4, 0.5) is 0 Å². The topological polar surface area (TPSA) is 101 Å². The molecule has 0 bridgehead atoms. The number of carboxylic acids is 1. The van der Waals surface area contributed by atoms with Gasteiger partial charge in [0.25, 0.3) is 5.91 Å². The van der Waals surface area contributed by atoms with E-state index in [-0.39, 0.29) is 17.9 Å². The Balaban J connectivity index is 2.11. The molecule has 1 fully saturated rings. The monoisotopic (exact) mass is 527 g/mol. The molecule has 0 aromatic heterocycles. The van der Waals surface area contributed by atoms with Crippen LogP contribution in [0.1, 0.15) is 50.0 Å². The molecule has 184 valence electrons. The van der Waals surface area contributed by atoms with E-state index < -0.39 is 52.4 Å². The first-order valence-electron chi connectivity index (χ1n) is 10.9. The fourth-order valence-electron chi connectivity index (χ4n) is 4.12. The number of rotatable bonds is 9. The highest BCUT2D eigenvalue weighted by molar-refractivity contribution is 7.91. The molecule has 34 heavy (non-hydrogen) atoms. The van der Waals surface area contributed by atoms with Gasteiger partial charge >= 0.3 is 5.97 Å². The third-order valence-corrected chi connectivity index (χ3v) is 8.16. The molecule has 1 amide bonds. The second kappa shape index (κ2) is 11.1. The zero-order valence-electron chi connectivity index (χ0n) is 18.9. The van der Waals surface area contributed by atoms with Crippen LogP contribution in [-0.2, 0) is 24.2 Å². The van der Waals surface area contributed by atoms with Crippen molar-refractivity contribution >= 4 is 44.9 Å². The molecule has 2 aromatic carbocycles. The van der Waals surface area contributed by atoms with Gasteiger partial charge in [0.2, 0.25) is 0 Å². The summed E-state index contributed by atoms with van der Waals surface area (Å²) in [6.07, 6.45) is -2.27. The Morgan fingerprint density at radius 1 is 1.12 bits per heavy atom. The maximum atomic E-state index is 13.5. The van der Waals surface area contributed by atoms with Gasteiger partial charge in [-0.1, -0.05) is 54.4 Å². The number of benzene rings is 2. The number of aliphatic carboxylic acids is 1. The highest BCUT2D eigenvalue weighted by Gasteiger charge is 2.46. The number of nitrogens with zero attached hydrogens (tertiary/aromatic N) is 1. The van der Waals surface area contributed by atoms with Gasteiger partial charge in [0.1, 0.15) is 22.0 Å². The molecule has 0 radical (unpaired) electrons. The Labute approximate surface area is 209 Å². The lowest BCUT2D eigenvalue weighted by Crippen LogP contribution is -2.54. The van der Waals surface area contributed by atoms with Gasteiger partial charge in [-0.2, -0.15) is 0 Å². The number of amides is 1. The van der Waals surface area contributed by atoms with Crippen LogP contribution in [0.5, 0.6) is 0 Å². The minimum absolute atomic E-state index is 0.00414. The van der Waals surface area contributed by atoms with Crippen molar-refractivity contribution < 1.29 is 27.9 Å². The van der Waals surface area contributed by atoms with Crippen LogP contribution in [0.15, 0.2) is 48.5 Å². The number of carbonyl (C=O) groups excluding carboxylic acids is 1. The van der Waals surface area contributed by atoms with E-state index in [1.54, 1.807) is 67.3 Å². The summed E-state index contributed by atoms with van der Waals surface area (Å²) in [6.45, 7) is 3.35. The molecular weight excluding hydrogens is 501 g/mol. The molecule has 1 aliphatic rings. The molecule has 0 saturated carbocycles. The maximum Gasteiger partial charge on any atom is 0.306 e.